The highest BCUT2D eigenvalue weighted by atomic mass is 16.5. The molecule has 0 unspecified atom stereocenters. The lowest BCUT2D eigenvalue weighted by Gasteiger charge is -2.17. The fourth-order valence-electron chi connectivity index (χ4n) is 4.31. The van der Waals surface area contributed by atoms with Crippen LogP contribution in [0.15, 0.2) is 72.0 Å². The minimum absolute atomic E-state index is 0.146. The number of benzene rings is 3. The van der Waals surface area contributed by atoms with Crippen LogP contribution >= 0.6 is 0 Å². The highest BCUT2D eigenvalue weighted by Crippen LogP contribution is 2.35. The van der Waals surface area contributed by atoms with Crippen LogP contribution in [-0.4, -0.2) is 28.9 Å². The molecule has 180 valence electrons. The zero-order valence-corrected chi connectivity index (χ0v) is 20.5. The fraction of sp³-hybridized carbons (Fsp3) is 0.241. The molecule has 0 aliphatic heterocycles. The Morgan fingerprint density at radius 1 is 1.03 bits per heavy atom. The predicted molar refractivity (Wildman–Crippen MR) is 140 cm³/mol. The van der Waals surface area contributed by atoms with Crippen molar-refractivity contribution in [1.82, 2.24) is 9.55 Å². The van der Waals surface area contributed by atoms with Gasteiger partial charge in [0.05, 0.1) is 32.0 Å². The summed E-state index contributed by atoms with van der Waals surface area (Å²) in [7, 11) is 3.18. The summed E-state index contributed by atoms with van der Waals surface area (Å²) in [6, 6.07) is 17.0. The van der Waals surface area contributed by atoms with Crippen molar-refractivity contribution in [3.63, 3.8) is 0 Å². The van der Waals surface area contributed by atoms with E-state index in [1.807, 2.05) is 24.3 Å². The third-order valence-corrected chi connectivity index (χ3v) is 6.18. The third-order valence-electron chi connectivity index (χ3n) is 6.18. The predicted octanol–water partition coefficient (Wildman–Crippen LogP) is 5.69. The number of nitrogens with zero attached hydrogens (tertiary/aromatic N) is 2. The first-order valence-electron chi connectivity index (χ1n) is 11.5. The lowest BCUT2D eigenvalue weighted by molar-refractivity contribution is 0.393. The van der Waals surface area contributed by atoms with Gasteiger partial charge in [0.25, 0.3) is 0 Å². The zero-order chi connectivity index (χ0) is 25.1. The first-order valence-corrected chi connectivity index (χ1v) is 11.5. The molecule has 3 aromatic carbocycles. The average molecular weight is 471 g/mol. The molecule has 0 spiro atoms. The summed E-state index contributed by atoms with van der Waals surface area (Å²) >= 11 is 0. The molecule has 0 saturated heterocycles. The Kier molecular flexibility index (Phi) is 6.92. The number of phenols is 1. The molecule has 0 radical (unpaired) electrons. The maximum Gasteiger partial charge on any atom is 0.348 e. The smallest absolute Gasteiger partial charge is 0.348 e. The summed E-state index contributed by atoms with van der Waals surface area (Å²) in [6.07, 6.45) is 2.18. The minimum Gasteiger partial charge on any atom is -0.508 e. The second-order valence-electron chi connectivity index (χ2n) is 8.78. The van der Waals surface area contributed by atoms with E-state index in [0.29, 0.717) is 40.6 Å². The molecule has 0 aliphatic rings. The summed E-state index contributed by atoms with van der Waals surface area (Å²) in [6.45, 7) is 8.39. The number of methoxy groups -OCH3 is 2. The Morgan fingerprint density at radius 2 is 1.69 bits per heavy atom. The number of allylic oxidation sites excluding steroid dienone is 1. The summed E-state index contributed by atoms with van der Waals surface area (Å²) in [4.78, 5) is 17.9. The van der Waals surface area contributed by atoms with Crippen LogP contribution in [0.5, 0.6) is 17.2 Å². The molecule has 0 fully saturated rings. The van der Waals surface area contributed by atoms with Gasteiger partial charge < -0.3 is 14.6 Å². The number of hydrogen-bond acceptors (Lipinski definition) is 5. The topological polar surface area (TPSA) is 73.6 Å². The Bertz CT molecular complexity index is 1410. The Balaban J connectivity index is 1.97. The van der Waals surface area contributed by atoms with Crippen LogP contribution < -0.4 is 15.2 Å². The van der Waals surface area contributed by atoms with Crippen LogP contribution in [0.1, 0.15) is 36.5 Å². The number of ether oxygens (including phenoxy) is 2. The van der Waals surface area contributed by atoms with E-state index in [0.717, 1.165) is 16.5 Å². The molecular weight excluding hydrogens is 440 g/mol. The molecule has 1 heterocycles. The van der Waals surface area contributed by atoms with Gasteiger partial charge in [-0.3, -0.25) is 4.57 Å². The molecule has 1 N–H and O–H groups in total. The van der Waals surface area contributed by atoms with E-state index in [4.69, 9.17) is 9.47 Å². The maximum atomic E-state index is 13.4. The SMILES string of the molecule is C=CCc1c(O)ccc2c1c(-c1ccc(C(C)C)cc1)nc(=O)n2Cc1cc(OC)cc(OC)c1. The van der Waals surface area contributed by atoms with Gasteiger partial charge in [-0.1, -0.05) is 44.2 Å². The van der Waals surface area contributed by atoms with Gasteiger partial charge in [-0.25, -0.2) is 4.79 Å². The molecular formula is C29H30N2O4. The van der Waals surface area contributed by atoms with Gasteiger partial charge in [0.15, 0.2) is 0 Å². The van der Waals surface area contributed by atoms with Gasteiger partial charge in [-0.2, -0.15) is 4.98 Å². The van der Waals surface area contributed by atoms with Crippen molar-refractivity contribution in [3.8, 4) is 28.5 Å². The molecule has 0 amide bonds. The van der Waals surface area contributed by atoms with E-state index < -0.39 is 0 Å². The third kappa shape index (κ3) is 4.78. The number of rotatable bonds is 8. The second kappa shape index (κ2) is 10.1. The zero-order valence-electron chi connectivity index (χ0n) is 20.5. The van der Waals surface area contributed by atoms with Crippen molar-refractivity contribution < 1.29 is 14.6 Å². The Morgan fingerprint density at radius 3 is 2.26 bits per heavy atom. The van der Waals surface area contributed by atoms with Gasteiger partial charge in [0.1, 0.15) is 17.2 Å². The van der Waals surface area contributed by atoms with E-state index in [9.17, 15) is 9.90 Å². The summed E-state index contributed by atoms with van der Waals surface area (Å²) in [5.74, 6) is 1.81. The summed E-state index contributed by atoms with van der Waals surface area (Å²) in [5, 5.41) is 11.5. The van der Waals surface area contributed by atoms with Crippen molar-refractivity contribution in [1.29, 1.82) is 0 Å². The van der Waals surface area contributed by atoms with E-state index in [1.165, 1.54) is 5.56 Å². The molecule has 35 heavy (non-hydrogen) atoms. The lowest BCUT2D eigenvalue weighted by Crippen LogP contribution is -2.25. The quantitative estimate of drug-likeness (QED) is 0.335. The van der Waals surface area contributed by atoms with Crippen molar-refractivity contribution in [2.24, 2.45) is 0 Å². The normalized spacial score (nSPS) is 11.1. The number of aromatic hydroxyl groups is 1. The molecule has 4 rings (SSSR count). The van der Waals surface area contributed by atoms with Gasteiger partial charge in [0.2, 0.25) is 0 Å². The second-order valence-corrected chi connectivity index (χ2v) is 8.78. The highest BCUT2D eigenvalue weighted by Gasteiger charge is 2.18. The average Bonchev–Trinajstić information content (AvgIpc) is 2.86. The van der Waals surface area contributed by atoms with Gasteiger partial charge in [-0.15, -0.1) is 6.58 Å². The minimum atomic E-state index is -0.377. The van der Waals surface area contributed by atoms with Crippen molar-refractivity contribution >= 4 is 10.9 Å². The van der Waals surface area contributed by atoms with E-state index in [1.54, 1.807) is 43.1 Å². The first kappa shape index (κ1) is 24.1. The Labute approximate surface area is 205 Å². The van der Waals surface area contributed by atoms with E-state index >= 15 is 0 Å². The molecule has 6 heteroatoms. The molecule has 0 saturated carbocycles. The van der Waals surface area contributed by atoms with Gasteiger partial charge in [-0.05, 0) is 47.7 Å². The first-order chi connectivity index (χ1) is 16.9. The summed E-state index contributed by atoms with van der Waals surface area (Å²) in [5.41, 5.74) is 4.40. The standard InChI is InChI=1S/C29H30N2O4/c1-6-7-24-26(32)13-12-25-27(24)28(21-10-8-20(9-11-21)18(2)3)30-29(33)31(25)17-19-14-22(34-4)16-23(15-19)35-5/h6,8-16,18,32H,1,7,17H2,2-5H3. The number of phenolic OH excluding ortho intramolecular Hbond substituents is 1. The van der Waals surface area contributed by atoms with Crippen LogP contribution in [0.4, 0.5) is 0 Å². The van der Waals surface area contributed by atoms with E-state index in [-0.39, 0.29) is 18.0 Å². The fourth-order valence-corrected chi connectivity index (χ4v) is 4.31. The van der Waals surface area contributed by atoms with Crippen LogP contribution in [0.3, 0.4) is 0 Å². The van der Waals surface area contributed by atoms with Gasteiger partial charge in [0, 0.05) is 22.6 Å². The largest absolute Gasteiger partial charge is 0.508 e. The molecule has 6 nitrogen and oxygen atoms in total. The molecule has 1 aromatic heterocycles. The monoisotopic (exact) mass is 470 g/mol. The van der Waals surface area contributed by atoms with Crippen LogP contribution in [0, 0.1) is 0 Å². The van der Waals surface area contributed by atoms with Crippen LogP contribution in [0.2, 0.25) is 0 Å². The van der Waals surface area contributed by atoms with Crippen LogP contribution in [0.25, 0.3) is 22.2 Å². The highest BCUT2D eigenvalue weighted by molar-refractivity contribution is 5.96. The van der Waals surface area contributed by atoms with Crippen molar-refractivity contribution in [2.45, 2.75) is 32.7 Å². The molecule has 4 aromatic rings. The maximum absolute atomic E-state index is 13.4. The number of hydrogen-bond donors (Lipinski definition) is 1. The molecule has 0 aliphatic carbocycles. The summed E-state index contributed by atoms with van der Waals surface area (Å²) < 4.78 is 12.4. The van der Waals surface area contributed by atoms with Crippen LogP contribution in [-0.2, 0) is 13.0 Å². The van der Waals surface area contributed by atoms with Crippen molar-refractivity contribution in [3.05, 3.63) is 94.4 Å². The van der Waals surface area contributed by atoms with Crippen molar-refractivity contribution in [2.75, 3.05) is 14.2 Å². The van der Waals surface area contributed by atoms with E-state index in [2.05, 4.69) is 37.5 Å². The molecule has 0 bridgehead atoms. The Hall–Kier alpha value is -4.06. The molecule has 0 atom stereocenters. The number of fused-ring (bicyclic) bond motifs is 1. The lowest BCUT2D eigenvalue weighted by atomic mass is 9.96. The van der Waals surface area contributed by atoms with Gasteiger partial charge >= 0.3 is 5.69 Å². The number of aromatic nitrogens is 2.